The Morgan fingerprint density at radius 1 is 0.941 bits per heavy atom. The highest BCUT2D eigenvalue weighted by molar-refractivity contribution is 5.77. The van der Waals surface area contributed by atoms with Gasteiger partial charge in [0.1, 0.15) is 0 Å². The summed E-state index contributed by atoms with van der Waals surface area (Å²) in [5, 5.41) is 36.0. The first-order valence-electron chi connectivity index (χ1n) is 4.59. The van der Waals surface area contributed by atoms with E-state index in [2.05, 4.69) is 0 Å². The molecule has 0 radical (unpaired) electrons. The average Bonchev–Trinajstić information content (AvgIpc) is 2.27. The summed E-state index contributed by atoms with van der Waals surface area (Å²) in [6, 6.07) is 0. The molecule has 0 rings (SSSR count). The summed E-state index contributed by atoms with van der Waals surface area (Å²) in [5.41, 5.74) is -1.39. The van der Waals surface area contributed by atoms with Gasteiger partial charge in [-0.1, -0.05) is 0 Å². The normalized spacial score (nSPS) is 18.1. The van der Waals surface area contributed by atoms with Gasteiger partial charge in [0.15, 0.2) is 0 Å². The van der Waals surface area contributed by atoms with Crippen LogP contribution in [0.15, 0.2) is 0 Å². The minimum atomic E-state index is -2.38. The van der Waals surface area contributed by atoms with Crippen molar-refractivity contribution < 1.29 is 30.0 Å². The van der Waals surface area contributed by atoms with Crippen molar-refractivity contribution in [1.29, 1.82) is 0 Å². The van der Waals surface area contributed by atoms with Crippen molar-refractivity contribution in [1.82, 2.24) is 10.9 Å². The molecule has 0 fully saturated rings. The lowest BCUT2D eigenvalue weighted by Crippen LogP contribution is -2.57. The molecule has 0 aliphatic heterocycles. The SMILES string of the molecule is NN[C@](O)(CCC[C@](O)(NN)C(=O)O)C(=O)O. The molecule has 0 aromatic rings. The molecule has 2 atom stereocenters. The predicted molar refractivity (Wildman–Crippen MR) is 53.7 cm³/mol. The van der Waals surface area contributed by atoms with Gasteiger partial charge in [0, 0.05) is 12.8 Å². The van der Waals surface area contributed by atoms with Crippen LogP contribution in [0, 0.1) is 0 Å². The topological polar surface area (TPSA) is 191 Å². The number of carbonyl (C=O) groups is 2. The molecular weight excluding hydrogens is 236 g/mol. The monoisotopic (exact) mass is 252 g/mol. The van der Waals surface area contributed by atoms with Crippen molar-refractivity contribution in [2.75, 3.05) is 0 Å². The van der Waals surface area contributed by atoms with Crippen LogP contribution in [0.1, 0.15) is 19.3 Å². The van der Waals surface area contributed by atoms with Crippen molar-refractivity contribution in [3.63, 3.8) is 0 Å². The molecule has 0 saturated carbocycles. The van der Waals surface area contributed by atoms with Gasteiger partial charge in [-0.15, -0.1) is 0 Å². The van der Waals surface area contributed by atoms with Crippen molar-refractivity contribution in [3.05, 3.63) is 0 Å². The van der Waals surface area contributed by atoms with E-state index in [-0.39, 0.29) is 6.42 Å². The van der Waals surface area contributed by atoms with Gasteiger partial charge in [0.05, 0.1) is 0 Å². The quantitative estimate of drug-likeness (QED) is 0.123. The number of hydrogen-bond donors (Lipinski definition) is 8. The molecule has 0 saturated heterocycles. The third-order valence-corrected chi connectivity index (χ3v) is 2.26. The maximum atomic E-state index is 10.6. The van der Waals surface area contributed by atoms with Crippen LogP contribution < -0.4 is 22.5 Å². The van der Waals surface area contributed by atoms with E-state index < -0.39 is 36.2 Å². The summed E-state index contributed by atoms with van der Waals surface area (Å²) in [4.78, 5) is 21.2. The van der Waals surface area contributed by atoms with Crippen molar-refractivity contribution >= 4 is 11.9 Å². The Bertz CT molecular complexity index is 272. The molecule has 0 aromatic heterocycles. The maximum Gasteiger partial charge on any atom is 0.352 e. The second-order valence-electron chi connectivity index (χ2n) is 3.47. The largest absolute Gasteiger partial charge is 0.478 e. The van der Waals surface area contributed by atoms with Crippen LogP contribution in [0.2, 0.25) is 0 Å². The van der Waals surface area contributed by atoms with Gasteiger partial charge in [0.2, 0.25) is 11.4 Å². The summed E-state index contributed by atoms with van der Waals surface area (Å²) in [5.74, 6) is 6.48. The zero-order valence-electron chi connectivity index (χ0n) is 8.88. The number of rotatable bonds is 8. The zero-order chi connectivity index (χ0) is 13.7. The third kappa shape index (κ3) is 3.89. The van der Waals surface area contributed by atoms with Gasteiger partial charge in [-0.2, -0.15) is 0 Å². The Labute approximate surface area is 96.1 Å². The van der Waals surface area contributed by atoms with E-state index >= 15 is 0 Å². The standard InChI is InChI=1S/C7H16N4O6/c8-10-6(16,4(12)13)2-1-3-7(17,11-9)5(14)15/h10-11,16-17H,1-3,8-9H2,(H,12,13)(H,14,15)/t6-,7+. The van der Waals surface area contributed by atoms with E-state index in [1.165, 1.54) is 0 Å². The molecular formula is C7H16N4O6. The van der Waals surface area contributed by atoms with Gasteiger partial charge in [-0.05, 0) is 6.42 Å². The van der Waals surface area contributed by atoms with Crippen molar-refractivity contribution in [2.24, 2.45) is 11.7 Å². The molecule has 10 heteroatoms. The van der Waals surface area contributed by atoms with E-state index in [4.69, 9.17) is 21.9 Å². The fourth-order valence-corrected chi connectivity index (χ4v) is 1.08. The number of nitrogens with one attached hydrogen (secondary N) is 2. The van der Waals surface area contributed by atoms with Gasteiger partial charge in [-0.25, -0.2) is 20.4 Å². The highest BCUT2D eigenvalue weighted by atomic mass is 16.4. The first-order valence-corrected chi connectivity index (χ1v) is 4.59. The van der Waals surface area contributed by atoms with Crippen LogP contribution in [-0.4, -0.2) is 43.8 Å². The van der Waals surface area contributed by atoms with E-state index in [1.54, 1.807) is 10.9 Å². The number of nitrogens with two attached hydrogens (primary N) is 2. The Balaban J connectivity index is 4.40. The first-order chi connectivity index (χ1) is 7.72. The van der Waals surface area contributed by atoms with Gasteiger partial charge < -0.3 is 20.4 Å². The number of carboxylic acid groups (broad SMARTS) is 2. The highest BCUT2D eigenvalue weighted by Gasteiger charge is 2.38. The number of aliphatic hydroxyl groups is 2. The van der Waals surface area contributed by atoms with Crippen LogP contribution in [0.25, 0.3) is 0 Å². The fourth-order valence-electron chi connectivity index (χ4n) is 1.08. The average molecular weight is 252 g/mol. The number of carboxylic acids is 2. The third-order valence-electron chi connectivity index (χ3n) is 2.26. The van der Waals surface area contributed by atoms with E-state index in [0.717, 1.165) is 0 Å². The van der Waals surface area contributed by atoms with E-state index in [0.29, 0.717) is 0 Å². The van der Waals surface area contributed by atoms with Crippen molar-refractivity contribution in [2.45, 2.75) is 30.7 Å². The molecule has 17 heavy (non-hydrogen) atoms. The lowest BCUT2D eigenvalue weighted by molar-refractivity contribution is -0.166. The zero-order valence-corrected chi connectivity index (χ0v) is 8.88. The fraction of sp³-hybridized carbons (Fsp3) is 0.714. The Kier molecular flexibility index (Phi) is 5.41. The number of hydrazine groups is 2. The van der Waals surface area contributed by atoms with Crippen LogP contribution in [-0.2, 0) is 9.59 Å². The lowest BCUT2D eigenvalue weighted by Gasteiger charge is -2.25. The summed E-state index contributed by atoms with van der Waals surface area (Å²) in [7, 11) is 0. The number of aliphatic carboxylic acids is 2. The molecule has 0 unspecified atom stereocenters. The lowest BCUT2D eigenvalue weighted by atomic mass is 10.0. The molecule has 100 valence electrons. The van der Waals surface area contributed by atoms with Gasteiger partial charge in [-0.3, -0.25) is 11.7 Å². The Morgan fingerprint density at radius 2 is 1.24 bits per heavy atom. The summed E-state index contributed by atoms with van der Waals surface area (Å²) >= 11 is 0. The maximum absolute atomic E-state index is 10.6. The molecule has 0 aliphatic carbocycles. The number of hydrogen-bond acceptors (Lipinski definition) is 8. The second-order valence-corrected chi connectivity index (χ2v) is 3.47. The Hall–Kier alpha value is -1.30. The van der Waals surface area contributed by atoms with Crippen LogP contribution in [0.4, 0.5) is 0 Å². The predicted octanol–water partition coefficient (Wildman–Crippen LogP) is -3.37. The van der Waals surface area contributed by atoms with Gasteiger partial charge in [0.25, 0.3) is 0 Å². The molecule has 0 aliphatic rings. The second kappa shape index (κ2) is 5.86. The smallest absolute Gasteiger partial charge is 0.352 e. The summed E-state index contributed by atoms with van der Waals surface area (Å²) < 4.78 is 0. The van der Waals surface area contributed by atoms with E-state index in [1.807, 2.05) is 0 Å². The molecule has 10 N–H and O–H groups in total. The molecule has 0 spiro atoms. The van der Waals surface area contributed by atoms with Crippen LogP contribution in [0.3, 0.4) is 0 Å². The summed E-state index contributed by atoms with van der Waals surface area (Å²) in [6.07, 6.45) is -0.966. The van der Waals surface area contributed by atoms with Gasteiger partial charge >= 0.3 is 11.9 Å². The minimum Gasteiger partial charge on any atom is -0.478 e. The highest BCUT2D eigenvalue weighted by Crippen LogP contribution is 2.16. The molecule has 0 heterocycles. The Morgan fingerprint density at radius 3 is 1.41 bits per heavy atom. The first kappa shape index (κ1) is 15.7. The van der Waals surface area contributed by atoms with Crippen molar-refractivity contribution in [3.8, 4) is 0 Å². The molecule has 0 amide bonds. The van der Waals surface area contributed by atoms with E-state index in [9.17, 15) is 19.8 Å². The minimum absolute atomic E-state index is 0.153. The van der Waals surface area contributed by atoms with Crippen LogP contribution >= 0.6 is 0 Å². The van der Waals surface area contributed by atoms with Crippen LogP contribution in [0.5, 0.6) is 0 Å². The molecule has 10 nitrogen and oxygen atoms in total. The molecule has 0 bridgehead atoms. The summed E-state index contributed by atoms with van der Waals surface area (Å²) in [6.45, 7) is 0. The molecule has 0 aromatic carbocycles.